The molecule has 0 spiro atoms. The second-order valence-corrected chi connectivity index (χ2v) is 10.2. The fourth-order valence-corrected chi connectivity index (χ4v) is 5.37. The molecule has 3 aromatic rings. The van der Waals surface area contributed by atoms with Crippen LogP contribution >= 0.6 is 11.3 Å². The van der Waals surface area contributed by atoms with E-state index in [1.807, 2.05) is 24.4 Å². The molecule has 1 unspecified atom stereocenters. The third-order valence-corrected chi connectivity index (χ3v) is 7.01. The van der Waals surface area contributed by atoms with Crippen LogP contribution in [0.5, 0.6) is 5.75 Å². The first kappa shape index (κ1) is 21.1. The van der Waals surface area contributed by atoms with E-state index in [9.17, 15) is 9.90 Å². The van der Waals surface area contributed by atoms with Crippen molar-refractivity contribution in [2.24, 2.45) is 5.41 Å². The Hall–Kier alpha value is -2.75. The standard InChI is InChI=1S/C23H26N4O4S/c1-23(2)8-17-21(19(30)9-23)32-22(25-17)27-5-6-31-20-4-3-14(7-18(20)27)15-10-24-26(11-15)12-16(29)13-28/h3-4,7,10-11,16,28-29H,5-6,8-9,12-13H2,1-2H3. The van der Waals surface area contributed by atoms with Crippen LogP contribution in [0, 0.1) is 5.41 Å². The summed E-state index contributed by atoms with van der Waals surface area (Å²) in [6, 6.07) is 5.97. The van der Waals surface area contributed by atoms with Crippen LogP contribution in [0.4, 0.5) is 10.8 Å². The number of aliphatic hydroxyl groups excluding tert-OH is 2. The van der Waals surface area contributed by atoms with E-state index in [0.29, 0.717) is 19.6 Å². The molecular formula is C23H26N4O4S. The number of ether oxygens (including phenoxy) is 1. The fraction of sp³-hybridized carbons (Fsp3) is 0.435. The maximum Gasteiger partial charge on any atom is 0.190 e. The van der Waals surface area contributed by atoms with Gasteiger partial charge in [0.2, 0.25) is 0 Å². The summed E-state index contributed by atoms with van der Waals surface area (Å²) in [6.07, 6.45) is 4.10. The van der Waals surface area contributed by atoms with Gasteiger partial charge in [0.05, 0.1) is 48.3 Å². The van der Waals surface area contributed by atoms with Crippen LogP contribution in [0.1, 0.15) is 35.6 Å². The number of hydrogen-bond acceptors (Lipinski definition) is 8. The highest BCUT2D eigenvalue weighted by Gasteiger charge is 2.35. The molecule has 2 aliphatic rings. The number of fused-ring (bicyclic) bond motifs is 2. The topological polar surface area (TPSA) is 101 Å². The summed E-state index contributed by atoms with van der Waals surface area (Å²) >= 11 is 1.47. The van der Waals surface area contributed by atoms with Gasteiger partial charge in [-0.1, -0.05) is 31.3 Å². The van der Waals surface area contributed by atoms with Crippen molar-refractivity contribution in [3.8, 4) is 16.9 Å². The highest BCUT2D eigenvalue weighted by molar-refractivity contribution is 7.17. The van der Waals surface area contributed by atoms with Crippen LogP contribution < -0.4 is 9.64 Å². The van der Waals surface area contributed by atoms with Crippen molar-refractivity contribution in [1.82, 2.24) is 14.8 Å². The number of rotatable bonds is 5. The van der Waals surface area contributed by atoms with E-state index < -0.39 is 6.10 Å². The first-order valence-electron chi connectivity index (χ1n) is 10.7. The molecule has 5 rings (SSSR count). The number of carbonyl (C=O) groups is 1. The molecule has 0 bridgehead atoms. The largest absolute Gasteiger partial charge is 0.490 e. The van der Waals surface area contributed by atoms with E-state index in [1.54, 1.807) is 10.9 Å². The Morgan fingerprint density at radius 1 is 1.28 bits per heavy atom. The summed E-state index contributed by atoms with van der Waals surface area (Å²) < 4.78 is 7.50. The Kier molecular flexibility index (Phi) is 5.27. The number of hydrogen-bond donors (Lipinski definition) is 2. The lowest BCUT2D eigenvalue weighted by Gasteiger charge is -2.29. The summed E-state index contributed by atoms with van der Waals surface area (Å²) in [5, 5.41) is 23.8. The van der Waals surface area contributed by atoms with Crippen LogP contribution in [-0.2, 0) is 13.0 Å². The van der Waals surface area contributed by atoms with E-state index in [1.165, 1.54) is 11.3 Å². The van der Waals surface area contributed by atoms with Crippen LogP contribution in [0.3, 0.4) is 0 Å². The summed E-state index contributed by atoms with van der Waals surface area (Å²) in [5.41, 5.74) is 3.62. The number of thiazole rings is 1. The number of ketones is 1. The molecule has 9 heteroatoms. The Balaban J connectivity index is 1.47. The van der Waals surface area contributed by atoms with Crippen molar-refractivity contribution in [3.63, 3.8) is 0 Å². The molecule has 0 saturated heterocycles. The Morgan fingerprint density at radius 3 is 2.94 bits per heavy atom. The number of carbonyl (C=O) groups excluding carboxylic acids is 1. The average Bonchev–Trinajstić information content (AvgIpc) is 3.39. The van der Waals surface area contributed by atoms with Crippen LogP contribution in [0.25, 0.3) is 11.1 Å². The minimum absolute atomic E-state index is 0.0602. The molecule has 1 aromatic carbocycles. The van der Waals surface area contributed by atoms with Gasteiger partial charge in [0.1, 0.15) is 12.4 Å². The first-order chi connectivity index (χ1) is 15.3. The lowest BCUT2D eigenvalue weighted by molar-refractivity contribution is 0.0783. The number of aliphatic hydroxyl groups is 2. The molecule has 3 heterocycles. The molecule has 32 heavy (non-hydrogen) atoms. The van der Waals surface area contributed by atoms with Crippen molar-refractivity contribution in [2.45, 2.75) is 39.3 Å². The lowest BCUT2D eigenvalue weighted by Crippen LogP contribution is -2.28. The van der Waals surface area contributed by atoms with Crippen LogP contribution in [0.15, 0.2) is 30.6 Å². The number of benzene rings is 1. The number of anilines is 2. The molecule has 2 aromatic heterocycles. The van der Waals surface area contributed by atoms with Crippen LogP contribution in [-0.4, -0.2) is 56.6 Å². The molecule has 0 amide bonds. The Morgan fingerprint density at radius 2 is 2.12 bits per heavy atom. The number of nitrogens with zero attached hydrogens (tertiary/aromatic N) is 4. The smallest absolute Gasteiger partial charge is 0.190 e. The van der Waals surface area contributed by atoms with Crippen molar-refractivity contribution < 1.29 is 19.7 Å². The van der Waals surface area contributed by atoms with Gasteiger partial charge in [0, 0.05) is 18.2 Å². The van der Waals surface area contributed by atoms with Gasteiger partial charge >= 0.3 is 0 Å². The molecule has 2 N–H and O–H groups in total. The minimum atomic E-state index is -0.848. The van der Waals surface area contributed by atoms with Crippen molar-refractivity contribution in [3.05, 3.63) is 41.2 Å². The number of Topliss-reactive ketones (excluding diaryl/α,β-unsaturated/α-hetero) is 1. The maximum absolute atomic E-state index is 12.7. The quantitative estimate of drug-likeness (QED) is 0.611. The first-order valence-corrected chi connectivity index (χ1v) is 11.5. The predicted molar refractivity (Wildman–Crippen MR) is 122 cm³/mol. The molecule has 0 fully saturated rings. The van der Waals surface area contributed by atoms with E-state index >= 15 is 0 Å². The van der Waals surface area contributed by atoms with Crippen molar-refractivity contribution in [1.29, 1.82) is 0 Å². The van der Waals surface area contributed by atoms with Gasteiger partial charge in [-0.05, 0) is 29.5 Å². The molecule has 0 radical (unpaired) electrons. The van der Waals surface area contributed by atoms with Gasteiger partial charge in [-0.25, -0.2) is 4.98 Å². The van der Waals surface area contributed by atoms with Gasteiger partial charge in [0.15, 0.2) is 10.9 Å². The molecule has 1 aliphatic carbocycles. The zero-order valence-corrected chi connectivity index (χ0v) is 18.9. The number of aromatic nitrogens is 3. The van der Waals surface area contributed by atoms with E-state index in [4.69, 9.17) is 14.8 Å². The highest BCUT2D eigenvalue weighted by Crippen LogP contribution is 2.44. The second kappa shape index (κ2) is 7.99. The maximum atomic E-state index is 12.7. The van der Waals surface area contributed by atoms with E-state index in [-0.39, 0.29) is 24.3 Å². The Bertz CT molecular complexity index is 1170. The second-order valence-electron chi connectivity index (χ2n) is 9.18. The molecule has 1 aliphatic heterocycles. The fourth-order valence-electron chi connectivity index (χ4n) is 4.31. The van der Waals surface area contributed by atoms with Gasteiger partial charge < -0.3 is 19.8 Å². The molecular weight excluding hydrogens is 428 g/mol. The predicted octanol–water partition coefficient (Wildman–Crippen LogP) is 3.05. The van der Waals surface area contributed by atoms with Crippen molar-refractivity contribution >= 4 is 27.9 Å². The van der Waals surface area contributed by atoms with Crippen molar-refractivity contribution in [2.75, 3.05) is 24.7 Å². The monoisotopic (exact) mass is 454 g/mol. The van der Waals surface area contributed by atoms with Gasteiger partial charge in [-0.15, -0.1) is 0 Å². The summed E-state index contributed by atoms with van der Waals surface area (Å²) in [7, 11) is 0. The molecule has 0 saturated carbocycles. The third-order valence-electron chi connectivity index (χ3n) is 5.85. The summed E-state index contributed by atoms with van der Waals surface area (Å²) in [6.45, 7) is 5.35. The van der Waals surface area contributed by atoms with Gasteiger partial charge in [-0.3, -0.25) is 9.48 Å². The summed E-state index contributed by atoms with van der Waals surface area (Å²) in [4.78, 5) is 20.4. The molecule has 168 valence electrons. The minimum Gasteiger partial charge on any atom is -0.490 e. The zero-order valence-electron chi connectivity index (χ0n) is 18.1. The zero-order chi connectivity index (χ0) is 22.5. The van der Waals surface area contributed by atoms with Crippen LogP contribution in [0.2, 0.25) is 0 Å². The lowest BCUT2D eigenvalue weighted by atomic mass is 9.78. The molecule has 1 atom stereocenters. The van der Waals surface area contributed by atoms with Gasteiger partial charge in [-0.2, -0.15) is 5.10 Å². The SMILES string of the molecule is CC1(C)CC(=O)c2sc(N3CCOc4ccc(-c5cnn(CC(O)CO)c5)cc43)nc2C1. The molecule has 8 nitrogen and oxygen atoms in total. The van der Waals surface area contributed by atoms with Gasteiger partial charge in [0.25, 0.3) is 0 Å². The Labute approximate surface area is 190 Å². The van der Waals surface area contributed by atoms with E-state index in [2.05, 4.69) is 23.8 Å². The highest BCUT2D eigenvalue weighted by atomic mass is 32.1. The summed E-state index contributed by atoms with van der Waals surface area (Å²) in [5.74, 6) is 0.961. The van der Waals surface area contributed by atoms with E-state index in [0.717, 1.165) is 44.7 Å². The third kappa shape index (κ3) is 3.92. The average molecular weight is 455 g/mol. The normalized spacial score (nSPS) is 18.1.